The average Bonchev–Trinajstić information content (AvgIpc) is 3.15. The molecular formula is C21H26N6OS. The van der Waals surface area contributed by atoms with Crippen molar-refractivity contribution in [2.75, 3.05) is 30.1 Å². The number of rotatable bonds is 8. The first-order valence-electron chi connectivity index (χ1n) is 9.60. The Bertz CT molecular complexity index is 950. The second kappa shape index (κ2) is 9.56. The normalized spacial score (nSPS) is 10.8. The summed E-state index contributed by atoms with van der Waals surface area (Å²) in [6.45, 7) is 4.83. The van der Waals surface area contributed by atoms with Crippen molar-refractivity contribution in [3.63, 3.8) is 0 Å². The monoisotopic (exact) mass is 410 g/mol. The number of aromatic nitrogens is 4. The number of carbonyl (C=O) groups is 1. The molecular weight excluding hydrogens is 384 g/mol. The number of pyridine rings is 1. The zero-order chi connectivity index (χ0) is 20.8. The number of thioether (sulfide) groups is 1. The fourth-order valence-corrected chi connectivity index (χ4v) is 3.61. The number of aryl methyl sites for hydroxylation is 1. The van der Waals surface area contributed by atoms with Gasteiger partial charge < -0.3 is 14.8 Å². The van der Waals surface area contributed by atoms with Gasteiger partial charge in [0.2, 0.25) is 5.91 Å². The van der Waals surface area contributed by atoms with E-state index in [-0.39, 0.29) is 11.7 Å². The summed E-state index contributed by atoms with van der Waals surface area (Å²) in [5, 5.41) is 12.2. The number of amides is 1. The largest absolute Gasteiger partial charge is 0.376 e. The standard InChI is InChI=1S/C21H26N6OS/c1-5-15-7-9-16(10-8-15)23-19(28)14-29-21-25-24-20(27(21)6-2)18-12-11-17(13-22-18)26(3)4/h7-13H,5-6,14H2,1-4H3,(H,23,28). The molecule has 0 saturated heterocycles. The van der Waals surface area contributed by atoms with Gasteiger partial charge in [-0.2, -0.15) is 0 Å². The lowest BCUT2D eigenvalue weighted by Gasteiger charge is -2.12. The smallest absolute Gasteiger partial charge is 0.234 e. The molecule has 0 aliphatic heterocycles. The molecule has 0 atom stereocenters. The molecule has 2 heterocycles. The molecule has 152 valence electrons. The van der Waals surface area contributed by atoms with Gasteiger partial charge in [-0.3, -0.25) is 9.78 Å². The molecule has 0 aliphatic rings. The highest BCUT2D eigenvalue weighted by molar-refractivity contribution is 7.99. The molecule has 0 unspecified atom stereocenters. The molecule has 7 nitrogen and oxygen atoms in total. The van der Waals surface area contributed by atoms with E-state index in [1.807, 2.05) is 73.1 Å². The number of anilines is 2. The highest BCUT2D eigenvalue weighted by Gasteiger charge is 2.15. The Balaban J connectivity index is 1.65. The number of nitrogens with zero attached hydrogens (tertiary/aromatic N) is 5. The van der Waals surface area contributed by atoms with Crippen LogP contribution in [0.4, 0.5) is 11.4 Å². The number of benzene rings is 1. The Kier molecular flexibility index (Phi) is 6.87. The van der Waals surface area contributed by atoms with Crippen LogP contribution in [0.3, 0.4) is 0 Å². The molecule has 2 aromatic heterocycles. The van der Waals surface area contributed by atoms with E-state index in [1.165, 1.54) is 17.3 Å². The second-order valence-electron chi connectivity index (χ2n) is 6.73. The summed E-state index contributed by atoms with van der Waals surface area (Å²) >= 11 is 1.37. The molecule has 0 bridgehead atoms. The van der Waals surface area contributed by atoms with Crippen LogP contribution in [0.25, 0.3) is 11.5 Å². The minimum absolute atomic E-state index is 0.0695. The lowest BCUT2D eigenvalue weighted by atomic mass is 10.1. The summed E-state index contributed by atoms with van der Waals surface area (Å²) in [5.74, 6) is 0.900. The van der Waals surface area contributed by atoms with E-state index >= 15 is 0 Å². The summed E-state index contributed by atoms with van der Waals surface area (Å²) in [6, 6.07) is 11.8. The quantitative estimate of drug-likeness (QED) is 0.571. The average molecular weight is 411 g/mol. The molecule has 3 rings (SSSR count). The molecule has 8 heteroatoms. The first-order valence-corrected chi connectivity index (χ1v) is 10.6. The van der Waals surface area contributed by atoms with Crippen molar-refractivity contribution >= 4 is 29.0 Å². The second-order valence-corrected chi connectivity index (χ2v) is 7.68. The van der Waals surface area contributed by atoms with E-state index in [0.29, 0.717) is 17.5 Å². The third kappa shape index (κ3) is 5.14. The lowest BCUT2D eigenvalue weighted by Crippen LogP contribution is -2.14. The van der Waals surface area contributed by atoms with Crippen LogP contribution in [0, 0.1) is 0 Å². The zero-order valence-corrected chi connectivity index (χ0v) is 18.0. The third-order valence-corrected chi connectivity index (χ3v) is 5.47. The fourth-order valence-electron chi connectivity index (χ4n) is 2.80. The van der Waals surface area contributed by atoms with Crippen LogP contribution in [0.2, 0.25) is 0 Å². The van der Waals surface area contributed by atoms with Gasteiger partial charge >= 0.3 is 0 Å². The molecule has 0 radical (unpaired) electrons. The number of hydrogen-bond acceptors (Lipinski definition) is 6. The first kappa shape index (κ1) is 20.9. The van der Waals surface area contributed by atoms with Crippen molar-refractivity contribution in [1.29, 1.82) is 0 Å². The van der Waals surface area contributed by atoms with Gasteiger partial charge in [0.15, 0.2) is 11.0 Å². The minimum atomic E-state index is -0.0695. The maximum Gasteiger partial charge on any atom is 0.234 e. The first-order chi connectivity index (χ1) is 14.0. The Morgan fingerprint density at radius 2 is 1.86 bits per heavy atom. The van der Waals surface area contributed by atoms with Crippen LogP contribution in [-0.4, -0.2) is 45.5 Å². The van der Waals surface area contributed by atoms with Crippen LogP contribution in [0.1, 0.15) is 19.4 Å². The predicted octanol–water partition coefficient (Wildman–Crippen LogP) is 3.72. The molecule has 1 amide bonds. The topological polar surface area (TPSA) is 75.9 Å². The van der Waals surface area contributed by atoms with Crippen LogP contribution in [0.15, 0.2) is 47.8 Å². The molecule has 1 N–H and O–H groups in total. The molecule has 3 aromatic rings. The van der Waals surface area contributed by atoms with Gasteiger partial charge in [0, 0.05) is 26.3 Å². The maximum absolute atomic E-state index is 12.3. The van der Waals surface area contributed by atoms with Gasteiger partial charge in [-0.1, -0.05) is 30.8 Å². The minimum Gasteiger partial charge on any atom is -0.376 e. The van der Waals surface area contributed by atoms with E-state index in [1.54, 1.807) is 0 Å². The maximum atomic E-state index is 12.3. The van der Waals surface area contributed by atoms with E-state index in [0.717, 1.165) is 23.5 Å². The summed E-state index contributed by atoms with van der Waals surface area (Å²) in [6.07, 6.45) is 2.79. The van der Waals surface area contributed by atoms with Gasteiger partial charge in [0.05, 0.1) is 17.6 Å². The van der Waals surface area contributed by atoms with Crippen LogP contribution < -0.4 is 10.2 Å². The Labute approximate surface area is 175 Å². The van der Waals surface area contributed by atoms with Crippen molar-refractivity contribution in [3.05, 3.63) is 48.2 Å². The van der Waals surface area contributed by atoms with Gasteiger partial charge in [-0.15, -0.1) is 10.2 Å². The van der Waals surface area contributed by atoms with E-state index in [4.69, 9.17) is 0 Å². The van der Waals surface area contributed by atoms with Crippen molar-refractivity contribution < 1.29 is 4.79 Å². The molecule has 0 aliphatic carbocycles. The van der Waals surface area contributed by atoms with Crippen molar-refractivity contribution in [1.82, 2.24) is 19.7 Å². The molecule has 0 spiro atoms. The molecule has 29 heavy (non-hydrogen) atoms. The Morgan fingerprint density at radius 3 is 2.45 bits per heavy atom. The molecule has 0 fully saturated rings. The highest BCUT2D eigenvalue weighted by atomic mass is 32.2. The zero-order valence-electron chi connectivity index (χ0n) is 17.2. The third-order valence-electron chi connectivity index (χ3n) is 4.50. The van der Waals surface area contributed by atoms with Crippen LogP contribution in [0.5, 0.6) is 0 Å². The van der Waals surface area contributed by atoms with Crippen molar-refractivity contribution in [3.8, 4) is 11.5 Å². The van der Waals surface area contributed by atoms with Gasteiger partial charge in [0.25, 0.3) is 0 Å². The number of carbonyl (C=O) groups excluding carboxylic acids is 1. The van der Waals surface area contributed by atoms with Crippen LogP contribution >= 0.6 is 11.8 Å². The van der Waals surface area contributed by atoms with E-state index in [9.17, 15) is 4.79 Å². The summed E-state index contributed by atoms with van der Waals surface area (Å²) < 4.78 is 1.98. The van der Waals surface area contributed by atoms with Gasteiger partial charge in [-0.25, -0.2) is 0 Å². The van der Waals surface area contributed by atoms with Crippen molar-refractivity contribution in [2.24, 2.45) is 0 Å². The van der Waals surface area contributed by atoms with E-state index < -0.39 is 0 Å². The van der Waals surface area contributed by atoms with Crippen molar-refractivity contribution in [2.45, 2.75) is 32.0 Å². The summed E-state index contributed by atoms with van der Waals surface area (Å²) in [4.78, 5) is 18.8. The number of hydrogen-bond donors (Lipinski definition) is 1. The highest BCUT2D eigenvalue weighted by Crippen LogP contribution is 2.24. The number of nitrogens with one attached hydrogen (secondary N) is 1. The summed E-state index contributed by atoms with van der Waals surface area (Å²) in [5.41, 5.74) is 3.83. The fraction of sp³-hybridized carbons (Fsp3) is 0.333. The summed E-state index contributed by atoms with van der Waals surface area (Å²) in [7, 11) is 3.95. The van der Waals surface area contributed by atoms with Gasteiger partial charge in [-0.05, 0) is 43.2 Å². The molecule has 1 aromatic carbocycles. The van der Waals surface area contributed by atoms with Gasteiger partial charge in [0.1, 0.15) is 5.69 Å². The predicted molar refractivity (Wildman–Crippen MR) is 118 cm³/mol. The lowest BCUT2D eigenvalue weighted by molar-refractivity contribution is -0.113. The molecule has 0 saturated carbocycles. The Morgan fingerprint density at radius 1 is 1.10 bits per heavy atom. The van der Waals surface area contributed by atoms with E-state index in [2.05, 4.69) is 27.4 Å². The SMILES string of the molecule is CCc1ccc(NC(=O)CSc2nnc(-c3ccc(N(C)C)cn3)n2CC)cc1. The van der Waals surface area contributed by atoms with Crippen LogP contribution in [-0.2, 0) is 17.8 Å². The Hall–Kier alpha value is -2.87.